The molecule has 15 heavy (non-hydrogen) atoms. The highest BCUT2D eigenvalue weighted by atomic mass is 31.1. The van der Waals surface area contributed by atoms with Gasteiger partial charge in [-0.1, -0.05) is 28.7 Å². The molecule has 2 aliphatic carbocycles. The monoisotopic (exact) mass is 225 g/mol. The molecule has 0 N–H and O–H groups in total. The first kappa shape index (κ1) is 11.6. The molecule has 2 fully saturated rings. The SMILES string of the molecule is CP(C)C/N=C1\C[C@H]2CC[C@]1(C)C2(C)C. The molecule has 0 saturated heterocycles. The third kappa shape index (κ3) is 1.58. The molecule has 0 amide bonds. The average molecular weight is 225 g/mol. The highest BCUT2D eigenvalue weighted by Crippen LogP contribution is 2.64. The summed E-state index contributed by atoms with van der Waals surface area (Å²) in [5.41, 5.74) is 2.46. The topological polar surface area (TPSA) is 12.4 Å². The molecular formula is C13H24NP. The minimum absolute atomic E-state index is 0.133. The van der Waals surface area contributed by atoms with E-state index >= 15 is 0 Å². The van der Waals surface area contributed by atoms with Gasteiger partial charge in [-0.25, -0.2) is 0 Å². The summed E-state index contributed by atoms with van der Waals surface area (Å²) in [4.78, 5) is 4.92. The third-order valence-electron chi connectivity index (χ3n) is 5.06. The van der Waals surface area contributed by atoms with E-state index in [1.165, 1.54) is 19.3 Å². The van der Waals surface area contributed by atoms with E-state index in [0.29, 0.717) is 10.8 Å². The Bertz CT molecular complexity index is 293. The lowest BCUT2D eigenvalue weighted by molar-refractivity contribution is 0.194. The summed E-state index contributed by atoms with van der Waals surface area (Å²) in [5.74, 6) is 0.904. The molecule has 0 aromatic rings. The summed E-state index contributed by atoms with van der Waals surface area (Å²) in [6.45, 7) is 12.0. The molecule has 0 radical (unpaired) electrons. The zero-order chi connectivity index (χ0) is 11.3. The van der Waals surface area contributed by atoms with Crippen molar-refractivity contribution in [2.75, 3.05) is 19.6 Å². The lowest BCUT2D eigenvalue weighted by atomic mass is 9.70. The van der Waals surface area contributed by atoms with Crippen molar-refractivity contribution in [3.8, 4) is 0 Å². The first-order chi connectivity index (χ1) is 6.88. The van der Waals surface area contributed by atoms with Crippen LogP contribution in [-0.4, -0.2) is 25.3 Å². The Morgan fingerprint density at radius 1 is 1.33 bits per heavy atom. The van der Waals surface area contributed by atoms with E-state index < -0.39 is 0 Å². The van der Waals surface area contributed by atoms with Crippen molar-refractivity contribution in [2.45, 2.75) is 40.0 Å². The van der Waals surface area contributed by atoms with Gasteiger partial charge >= 0.3 is 0 Å². The predicted molar refractivity (Wildman–Crippen MR) is 70.3 cm³/mol. The zero-order valence-electron chi connectivity index (χ0n) is 10.8. The standard InChI is InChI=1S/C13H24NP/c1-12(2)10-6-7-13(12,3)11(8-10)14-9-15(4)5/h10H,6-9H2,1-5H3/b14-11+/t10-,13+/m1/s1. The van der Waals surface area contributed by atoms with E-state index in [2.05, 4.69) is 34.1 Å². The van der Waals surface area contributed by atoms with E-state index in [1.807, 2.05) is 0 Å². The van der Waals surface area contributed by atoms with Crippen LogP contribution in [-0.2, 0) is 0 Å². The Balaban J connectivity index is 2.22. The van der Waals surface area contributed by atoms with E-state index in [1.54, 1.807) is 5.71 Å². The van der Waals surface area contributed by atoms with Crippen LogP contribution in [0.5, 0.6) is 0 Å². The van der Waals surface area contributed by atoms with Crippen LogP contribution in [0.15, 0.2) is 4.99 Å². The summed E-state index contributed by atoms with van der Waals surface area (Å²) in [6.07, 6.45) is 5.17. The van der Waals surface area contributed by atoms with Gasteiger partial charge in [-0.3, -0.25) is 4.99 Å². The first-order valence-electron chi connectivity index (χ1n) is 6.06. The maximum Gasteiger partial charge on any atom is 0.0579 e. The van der Waals surface area contributed by atoms with E-state index in [0.717, 1.165) is 12.2 Å². The molecule has 0 unspecified atom stereocenters. The second kappa shape index (κ2) is 3.55. The largest absolute Gasteiger partial charge is 0.289 e. The molecule has 2 rings (SSSR count). The van der Waals surface area contributed by atoms with Crippen molar-refractivity contribution in [1.29, 1.82) is 0 Å². The van der Waals surface area contributed by atoms with Gasteiger partial charge in [-0.05, 0) is 43.9 Å². The van der Waals surface area contributed by atoms with Gasteiger partial charge in [-0.2, -0.15) is 0 Å². The van der Waals surface area contributed by atoms with Crippen LogP contribution in [0, 0.1) is 16.7 Å². The van der Waals surface area contributed by atoms with Crippen molar-refractivity contribution < 1.29 is 0 Å². The van der Waals surface area contributed by atoms with Gasteiger partial charge in [-0.15, -0.1) is 0 Å². The molecule has 86 valence electrons. The fraction of sp³-hybridized carbons (Fsp3) is 0.923. The minimum atomic E-state index is 0.133. The Morgan fingerprint density at radius 2 is 2.00 bits per heavy atom. The van der Waals surface area contributed by atoms with Crippen LogP contribution in [0.1, 0.15) is 40.0 Å². The lowest BCUT2D eigenvalue weighted by Crippen LogP contribution is -2.32. The highest BCUT2D eigenvalue weighted by Gasteiger charge is 2.59. The Kier molecular flexibility index (Phi) is 2.74. The normalized spacial score (nSPS) is 40.7. The Morgan fingerprint density at radius 3 is 2.40 bits per heavy atom. The van der Waals surface area contributed by atoms with Gasteiger partial charge in [0.15, 0.2) is 0 Å². The molecule has 0 aromatic heterocycles. The summed E-state index contributed by atoms with van der Waals surface area (Å²) in [6, 6.07) is 0. The molecule has 2 aliphatic rings. The van der Waals surface area contributed by atoms with Gasteiger partial charge in [0.2, 0.25) is 0 Å². The van der Waals surface area contributed by atoms with Gasteiger partial charge in [0.25, 0.3) is 0 Å². The van der Waals surface area contributed by atoms with Gasteiger partial charge < -0.3 is 0 Å². The highest BCUT2D eigenvalue weighted by molar-refractivity contribution is 7.55. The number of nitrogens with zero attached hydrogens (tertiary/aromatic N) is 1. The molecular weight excluding hydrogens is 201 g/mol. The Hall–Kier alpha value is 0.100. The van der Waals surface area contributed by atoms with Gasteiger partial charge in [0, 0.05) is 11.1 Å². The van der Waals surface area contributed by atoms with Gasteiger partial charge in [0.05, 0.1) is 6.29 Å². The van der Waals surface area contributed by atoms with Crippen LogP contribution in [0.3, 0.4) is 0 Å². The predicted octanol–water partition coefficient (Wildman–Crippen LogP) is 3.97. The molecule has 1 nitrogen and oxygen atoms in total. The maximum absolute atomic E-state index is 4.92. The summed E-state index contributed by atoms with van der Waals surface area (Å²) in [7, 11) is 0.133. The number of hydrogen-bond donors (Lipinski definition) is 0. The Labute approximate surface area is 95.5 Å². The minimum Gasteiger partial charge on any atom is -0.289 e. The van der Waals surface area contributed by atoms with E-state index in [9.17, 15) is 0 Å². The molecule has 2 bridgehead atoms. The average Bonchev–Trinajstić information content (AvgIpc) is 2.46. The fourth-order valence-electron chi connectivity index (χ4n) is 3.39. The third-order valence-corrected chi connectivity index (χ3v) is 5.76. The van der Waals surface area contributed by atoms with Crippen molar-refractivity contribution in [1.82, 2.24) is 0 Å². The van der Waals surface area contributed by atoms with Crippen molar-refractivity contribution in [3.05, 3.63) is 0 Å². The smallest absolute Gasteiger partial charge is 0.0579 e. The molecule has 2 heteroatoms. The maximum atomic E-state index is 4.92. The number of hydrogen-bond acceptors (Lipinski definition) is 1. The molecule has 2 saturated carbocycles. The summed E-state index contributed by atoms with van der Waals surface area (Å²) >= 11 is 0. The second-order valence-electron chi connectivity index (χ2n) is 6.32. The van der Waals surface area contributed by atoms with Crippen LogP contribution in [0.4, 0.5) is 0 Å². The van der Waals surface area contributed by atoms with E-state index in [4.69, 9.17) is 4.99 Å². The van der Waals surface area contributed by atoms with E-state index in [-0.39, 0.29) is 7.92 Å². The van der Waals surface area contributed by atoms with Crippen LogP contribution in [0.2, 0.25) is 0 Å². The van der Waals surface area contributed by atoms with Crippen molar-refractivity contribution >= 4 is 13.6 Å². The first-order valence-corrected chi connectivity index (χ1v) is 8.48. The van der Waals surface area contributed by atoms with Gasteiger partial charge in [0.1, 0.15) is 0 Å². The fourth-order valence-corrected chi connectivity index (χ4v) is 3.85. The van der Waals surface area contributed by atoms with Crippen molar-refractivity contribution in [3.63, 3.8) is 0 Å². The molecule has 0 spiro atoms. The lowest BCUT2D eigenvalue weighted by Gasteiger charge is -2.34. The van der Waals surface area contributed by atoms with Crippen molar-refractivity contribution in [2.24, 2.45) is 21.7 Å². The molecule has 0 aliphatic heterocycles. The molecule has 0 heterocycles. The molecule has 0 aromatic carbocycles. The number of aliphatic imine (C=N–C) groups is 1. The van der Waals surface area contributed by atoms with Crippen LogP contribution in [0.25, 0.3) is 0 Å². The van der Waals surface area contributed by atoms with Crippen LogP contribution >= 0.6 is 7.92 Å². The zero-order valence-corrected chi connectivity index (χ0v) is 11.7. The summed E-state index contributed by atoms with van der Waals surface area (Å²) in [5, 5.41) is 0. The quantitative estimate of drug-likeness (QED) is 0.630. The number of rotatable bonds is 2. The summed E-state index contributed by atoms with van der Waals surface area (Å²) < 4.78 is 0. The molecule has 2 atom stereocenters. The number of fused-ring (bicyclic) bond motifs is 2. The van der Waals surface area contributed by atoms with Crippen LogP contribution < -0.4 is 0 Å². The second-order valence-corrected chi connectivity index (χ2v) is 8.76.